The minimum Gasteiger partial charge on any atom is -0.480 e. The van der Waals surface area contributed by atoms with Crippen LogP contribution in [0.1, 0.15) is 35.2 Å². The lowest BCUT2D eigenvalue weighted by molar-refractivity contribution is 0.0498. The van der Waals surface area contributed by atoms with E-state index in [1.54, 1.807) is 18.3 Å². The van der Waals surface area contributed by atoms with Crippen molar-refractivity contribution in [3.8, 4) is 5.88 Å². The van der Waals surface area contributed by atoms with Gasteiger partial charge in [0.05, 0.1) is 13.2 Å². The summed E-state index contributed by atoms with van der Waals surface area (Å²) >= 11 is 0. The predicted octanol–water partition coefficient (Wildman–Crippen LogP) is 1.12. The molecule has 1 fully saturated rings. The quantitative estimate of drug-likeness (QED) is 0.883. The van der Waals surface area contributed by atoms with Gasteiger partial charge in [0.1, 0.15) is 5.82 Å². The number of hydrogen-bond acceptors (Lipinski definition) is 6. The number of aryl methyl sites for hydroxylation is 1. The van der Waals surface area contributed by atoms with E-state index in [1.165, 1.54) is 7.11 Å². The zero-order valence-corrected chi connectivity index (χ0v) is 13.8. The van der Waals surface area contributed by atoms with E-state index >= 15 is 0 Å². The number of methoxy groups -OCH3 is 1. The number of carbonyl (C=O) groups excluding carboxylic acids is 1. The van der Waals surface area contributed by atoms with Gasteiger partial charge in [0, 0.05) is 38.7 Å². The van der Waals surface area contributed by atoms with Crippen LogP contribution in [0.15, 0.2) is 24.5 Å². The predicted molar refractivity (Wildman–Crippen MR) is 85.5 cm³/mol. The van der Waals surface area contributed by atoms with Crippen LogP contribution >= 0.6 is 0 Å². The summed E-state index contributed by atoms with van der Waals surface area (Å²) in [7, 11) is 3.43. The molecule has 1 aliphatic heterocycles. The Balaban J connectivity index is 1.80. The Labute approximate surface area is 140 Å². The van der Waals surface area contributed by atoms with Crippen LogP contribution in [0.3, 0.4) is 0 Å². The molecular formula is C16H21N5O3. The van der Waals surface area contributed by atoms with E-state index in [1.807, 2.05) is 17.8 Å². The Hall–Kier alpha value is -2.48. The highest BCUT2D eigenvalue weighted by Crippen LogP contribution is 2.29. The first-order valence-electron chi connectivity index (χ1n) is 7.92. The van der Waals surface area contributed by atoms with E-state index in [2.05, 4.69) is 20.5 Å². The molecule has 128 valence electrons. The summed E-state index contributed by atoms with van der Waals surface area (Å²) in [5.74, 6) is 1.20. The smallest absolute Gasteiger partial charge is 0.272 e. The van der Waals surface area contributed by atoms with Gasteiger partial charge in [-0.3, -0.25) is 4.79 Å². The molecule has 3 heterocycles. The van der Waals surface area contributed by atoms with Crippen LogP contribution in [0.4, 0.5) is 0 Å². The molecule has 0 saturated carbocycles. The summed E-state index contributed by atoms with van der Waals surface area (Å²) in [6.45, 7) is 1.40. The number of nitrogens with one attached hydrogen (secondary N) is 1. The molecule has 8 nitrogen and oxygen atoms in total. The standard InChI is InChI=1S/C16H21N5O3/c1-21-8-7-17-15(21)14(11-5-9-24-10-6-11)18-16(22)12-3-4-13(23-2)20-19-12/h3-4,7-8,11,14H,5-6,9-10H2,1-2H3,(H,18,22). The first-order valence-corrected chi connectivity index (χ1v) is 7.92. The zero-order chi connectivity index (χ0) is 16.9. The normalized spacial score (nSPS) is 16.6. The van der Waals surface area contributed by atoms with Crippen LogP contribution in [0, 0.1) is 5.92 Å². The maximum absolute atomic E-state index is 12.6. The van der Waals surface area contributed by atoms with E-state index < -0.39 is 0 Å². The van der Waals surface area contributed by atoms with Gasteiger partial charge in [-0.15, -0.1) is 10.2 Å². The number of amides is 1. The van der Waals surface area contributed by atoms with Crippen molar-refractivity contribution in [2.45, 2.75) is 18.9 Å². The maximum atomic E-state index is 12.6. The van der Waals surface area contributed by atoms with Crippen molar-refractivity contribution in [1.82, 2.24) is 25.1 Å². The molecule has 1 amide bonds. The van der Waals surface area contributed by atoms with Crippen molar-refractivity contribution in [2.24, 2.45) is 13.0 Å². The fourth-order valence-electron chi connectivity index (χ4n) is 2.88. The maximum Gasteiger partial charge on any atom is 0.272 e. The lowest BCUT2D eigenvalue weighted by Gasteiger charge is -2.30. The van der Waals surface area contributed by atoms with Gasteiger partial charge in [-0.05, 0) is 24.8 Å². The first kappa shape index (κ1) is 16.4. The van der Waals surface area contributed by atoms with Crippen LogP contribution in [0.5, 0.6) is 5.88 Å². The summed E-state index contributed by atoms with van der Waals surface area (Å²) in [6, 6.07) is 3.03. The molecule has 0 radical (unpaired) electrons. The van der Waals surface area contributed by atoms with E-state index in [0.29, 0.717) is 19.1 Å². The first-order chi connectivity index (χ1) is 11.7. The minimum absolute atomic E-state index is 0.190. The highest BCUT2D eigenvalue weighted by atomic mass is 16.5. The molecule has 2 aromatic heterocycles. The second-order valence-corrected chi connectivity index (χ2v) is 5.76. The monoisotopic (exact) mass is 331 g/mol. The molecule has 1 N–H and O–H groups in total. The van der Waals surface area contributed by atoms with Crippen molar-refractivity contribution in [1.29, 1.82) is 0 Å². The van der Waals surface area contributed by atoms with Gasteiger partial charge in [-0.25, -0.2) is 4.98 Å². The molecule has 1 saturated heterocycles. The summed E-state index contributed by atoms with van der Waals surface area (Å²) in [6.07, 6.45) is 5.38. The fourth-order valence-corrected chi connectivity index (χ4v) is 2.88. The molecule has 0 bridgehead atoms. The number of imidazole rings is 1. The summed E-state index contributed by atoms with van der Waals surface area (Å²) < 4.78 is 12.3. The van der Waals surface area contributed by atoms with Gasteiger partial charge in [-0.2, -0.15) is 0 Å². The SMILES string of the molecule is COc1ccc(C(=O)NC(c2nccn2C)C2CCOCC2)nn1. The van der Waals surface area contributed by atoms with Crippen molar-refractivity contribution in [2.75, 3.05) is 20.3 Å². The van der Waals surface area contributed by atoms with Crippen LogP contribution in [0.25, 0.3) is 0 Å². The molecule has 2 aromatic rings. The molecule has 1 atom stereocenters. The van der Waals surface area contributed by atoms with Crippen molar-refractivity contribution >= 4 is 5.91 Å². The number of rotatable bonds is 5. The van der Waals surface area contributed by atoms with E-state index in [-0.39, 0.29) is 23.6 Å². The Morgan fingerprint density at radius 1 is 1.38 bits per heavy atom. The summed E-state index contributed by atoms with van der Waals surface area (Å²) in [4.78, 5) is 17.0. The second kappa shape index (κ2) is 7.39. The topological polar surface area (TPSA) is 91.2 Å². The molecule has 0 aliphatic carbocycles. The Kier molecular flexibility index (Phi) is 5.05. The van der Waals surface area contributed by atoms with Crippen LogP contribution in [0.2, 0.25) is 0 Å². The lowest BCUT2D eigenvalue weighted by Crippen LogP contribution is -2.37. The third-order valence-electron chi connectivity index (χ3n) is 4.24. The molecule has 0 spiro atoms. The number of aromatic nitrogens is 4. The number of nitrogens with zero attached hydrogens (tertiary/aromatic N) is 4. The average molecular weight is 331 g/mol. The molecule has 24 heavy (non-hydrogen) atoms. The van der Waals surface area contributed by atoms with Crippen molar-refractivity contribution in [3.63, 3.8) is 0 Å². The third-order valence-corrected chi connectivity index (χ3v) is 4.24. The summed E-state index contributed by atoms with van der Waals surface area (Å²) in [5, 5.41) is 10.8. The number of carbonyl (C=O) groups is 1. The third kappa shape index (κ3) is 3.53. The Morgan fingerprint density at radius 2 is 2.17 bits per heavy atom. The molecule has 1 aliphatic rings. The van der Waals surface area contributed by atoms with Gasteiger partial charge in [0.15, 0.2) is 5.69 Å². The highest BCUT2D eigenvalue weighted by Gasteiger charge is 2.30. The van der Waals surface area contributed by atoms with Gasteiger partial charge < -0.3 is 19.4 Å². The fraction of sp³-hybridized carbons (Fsp3) is 0.500. The van der Waals surface area contributed by atoms with Gasteiger partial charge in [-0.1, -0.05) is 0 Å². The number of hydrogen-bond donors (Lipinski definition) is 1. The van der Waals surface area contributed by atoms with Crippen molar-refractivity contribution in [3.05, 3.63) is 36.0 Å². The highest BCUT2D eigenvalue weighted by molar-refractivity contribution is 5.92. The van der Waals surface area contributed by atoms with E-state index in [9.17, 15) is 4.79 Å². The molecular weight excluding hydrogens is 310 g/mol. The van der Waals surface area contributed by atoms with Gasteiger partial charge in [0.2, 0.25) is 5.88 Å². The molecule has 3 rings (SSSR count). The van der Waals surface area contributed by atoms with Gasteiger partial charge in [0.25, 0.3) is 5.91 Å². The average Bonchev–Trinajstić information content (AvgIpc) is 3.06. The Morgan fingerprint density at radius 3 is 2.75 bits per heavy atom. The molecule has 0 aromatic carbocycles. The Bertz CT molecular complexity index is 679. The zero-order valence-electron chi connectivity index (χ0n) is 13.8. The lowest BCUT2D eigenvalue weighted by atomic mass is 9.91. The van der Waals surface area contributed by atoms with Crippen molar-refractivity contribution < 1.29 is 14.3 Å². The van der Waals surface area contributed by atoms with Crippen LogP contribution < -0.4 is 10.1 Å². The molecule has 1 unspecified atom stereocenters. The molecule has 8 heteroatoms. The van der Waals surface area contributed by atoms with Crippen LogP contribution in [-0.4, -0.2) is 46.0 Å². The van der Waals surface area contributed by atoms with Gasteiger partial charge >= 0.3 is 0 Å². The minimum atomic E-state index is -0.273. The summed E-state index contributed by atoms with van der Waals surface area (Å²) in [5.41, 5.74) is 0.252. The van der Waals surface area contributed by atoms with E-state index in [0.717, 1.165) is 18.7 Å². The van der Waals surface area contributed by atoms with Crippen LogP contribution in [-0.2, 0) is 11.8 Å². The van der Waals surface area contributed by atoms with E-state index in [4.69, 9.17) is 9.47 Å². The number of ether oxygens (including phenoxy) is 2. The second-order valence-electron chi connectivity index (χ2n) is 5.76. The largest absolute Gasteiger partial charge is 0.480 e.